The van der Waals surface area contributed by atoms with Gasteiger partial charge in [-0.15, -0.1) is 0 Å². The number of benzene rings is 2. The molecule has 3 rings (SSSR count). The predicted octanol–water partition coefficient (Wildman–Crippen LogP) is 4.40. The van der Waals surface area contributed by atoms with Gasteiger partial charge >= 0.3 is 0 Å². The Labute approximate surface area is 222 Å². The van der Waals surface area contributed by atoms with Crippen molar-refractivity contribution in [1.29, 1.82) is 0 Å². The van der Waals surface area contributed by atoms with Gasteiger partial charge in [-0.1, -0.05) is 52.0 Å². The molecule has 3 aromatic rings. The molecule has 0 aliphatic carbocycles. The first-order valence-corrected chi connectivity index (χ1v) is 12.2. The molecule has 2 aromatic carbocycles. The van der Waals surface area contributed by atoms with Crippen molar-refractivity contribution in [2.24, 2.45) is 0 Å². The number of rotatable bonds is 10. The minimum Gasteiger partial charge on any atom is -0.479 e. The van der Waals surface area contributed by atoms with E-state index >= 15 is 0 Å². The normalized spacial score (nSPS) is 12.2. The quantitative estimate of drug-likeness (QED) is 0.300. The Morgan fingerprint density at radius 2 is 1.69 bits per heavy atom. The van der Waals surface area contributed by atoms with Crippen LogP contribution in [0.4, 0.5) is 17.6 Å². The summed E-state index contributed by atoms with van der Waals surface area (Å²) in [7, 11) is 0. The summed E-state index contributed by atoms with van der Waals surface area (Å²) in [6.07, 6.45) is 1.65. The molecule has 0 spiro atoms. The summed E-state index contributed by atoms with van der Waals surface area (Å²) in [5.41, 5.74) is 1.51. The maximum absolute atomic E-state index is 13.7. The van der Waals surface area contributed by atoms with Crippen molar-refractivity contribution in [3.63, 3.8) is 0 Å². The highest BCUT2D eigenvalue weighted by Crippen LogP contribution is 2.27. The zero-order valence-electron chi connectivity index (χ0n) is 22.0. The van der Waals surface area contributed by atoms with E-state index in [1.165, 1.54) is 16.9 Å². The van der Waals surface area contributed by atoms with E-state index < -0.39 is 65.3 Å². The van der Waals surface area contributed by atoms with E-state index in [9.17, 15) is 31.9 Å². The van der Waals surface area contributed by atoms with Crippen molar-refractivity contribution in [2.45, 2.75) is 52.0 Å². The zero-order chi connectivity index (χ0) is 28.9. The number of hydrogen-bond acceptors (Lipinski definition) is 5. The zero-order valence-corrected chi connectivity index (χ0v) is 22.0. The number of nitrogens with zero attached hydrogens (tertiary/aromatic N) is 2. The topological polar surface area (TPSA) is 90.3 Å². The average Bonchev–Trinajstić information content (AvgIpc) is 2.88. The van der Waals surface area contributed by atoms with Crippen molar-refractivity contribution in [1.82, 2.24) is 15.1 Å². The minimum atomic E-state index is -1.78. The van der Waals surface area contributed by atoms with E-state index in [4.69, 9.17) is 0 Å². The summed E-state index contributed by atoms with van der Waals surface area (Å²) < 4.78 is 59.9. The Bertz CT molecular complexity index is 1410. The number of nitrogens with one attached hydrogen (secondary N) is 1. The lowest BCUT2D eigenvalue weighted by molar-refractivity contribution is -0.127. The van der Waals surface area contributed by atoms with Crippen LogP contribution >= 0.6 is 0 Å². The van der Waals surface area contributed by atoms with Crippen LogP contribution in [0.1, 0.15) is 56.7 Å². The molecule has 1 amide bonds. The van der Waals surface area contributed by atoms with E-state index in [1.807, 2.05) is 24.3 Å². The lowest BCUT2D eigenvalue weighted by Gasteiger charge is -2.23. The molecule has 7 nitrogen and oxygen atoms in total. The first-order chi connectivity index (χ1) is 18.3. The summed E-state index contributed by atoms with van der Waals surface area (Å²) in [5, 5.41) is 6.55. The number of aromatic nitrogens is 2. The summed E-state index contributed by atoms with van der Waals surface area (Å²) in [4.78, 5) is 38.3. The summed E-state index contributed by atoms with van der Waals surface area (Å²) in [6, 6.07) is 9.15. The van der Waals surface area contributed by atoms with Gasteiger partial charge in [-0.25, -0.2) is 13.5 Å². The fourth-order valence-electron chi connectivity index (χ4n) is 4.13. The van der Waals surface area contributed by atoms with Crippen LogP contribution in [0.2, 0.25) is 0 Å². The largest absolute Gasteiger partial charge is 0.479 e. The molecule has 1 atom stereocenters. The molecule has 0 bridgehead atoms. The first kappa shape index (κ1) is 29.5. The van der Waals surface area contributed by atoms with Crippen molar-refractivity contribution in [3.05, 3.63) is 92.9 Å². The number of amides is 1. The van der Waals surface area contributed by atoms with Gasteiger partial charge in [0.05, 0.1) is 19.0 Å². The molecule has 0 aliphatic heterocycles. The molecule has 11 heteroatoms. The maximum Gasteiger partial charge on any atom is 0.271 e. The smallest absolute Gasteiger partial charge is 0.271 e. The molecule has 39 heavy (non-hydrogen) atoms. The van der Waals surface area contributed by atoms with Gasteiger partial charge in [-0.05, 0) is 29.0 Å². The molecule has 0 aliphatic rings. The van der Waals surface area contributed by atoms with Gasteiger partial charge in [-0.3, -0.25) is 14.4 Å². The van der Waals surface area contributed by atoms with Crippen LogP contribution < -0.4 is 15.6 Å². The maximum atomic E-state index is 13.7. The van der Waals surface area contributed by atoms with Gasteiger partial charge in [0, 0.05) is 17.8 Å². The van der Waals surface area contributed by atoms with Gasteiger partial charge in [0.1, 0.15) is 6.61 Å². The van der Waals surface area contributed by atoms with Crippen molar-refractivity contribution >= 4 is 11.7 Å². The highest BCUT2D eigenvalue weighted by Gasteiger charge is 2.25. The minimum absolute atomic E-state index is 0.0148. The summed E-state index contributed by atoms with van der Waals surface area (Å²) in [6.45, 7) is 6.51. The molecular formula is C28H29F4N3O4. The van der Waals surface area contributed by atoms with Gasteiger partial charge in [0.2, 0.25) is 17.5 Å². The SMILES string of the molecule is CCC(C(=O)NCC(=O)COc1c(F)c(F)cc(F)c1F)c1ccnn(Cc2ccccc2C(C)(C)C)c1=O. The standard InChI is InChI=1S/C28H29F4N3O4/c1-5-18(26(37)33-13-17(36)15-39-25-23(31)21(29)12-22(30)24(25)32)19-10-11-34-35(27(19)38)14-16-8-6-7-9-20(16)28(2,3)4/h6-12,18H,5,13-15H2,1-4H3,(H,33,37). The van der Waals surface area contributed by atoms with E-state index in [1.54, 1.807) is 6.92 Å². The van der Waals surface area contributed by atoms with Crippen molar-refractivity contribution in [2.75, 3.05) is 13.2 Å². The molecule has 0 saturated heterocycles. The van der Waals surface area contributed by atoms with E-state index in [0.29, 0.717) is 0 Å². The molecule has 1 heterocycles. The average molecular weight is 548 g/mol. The van der Waals surface area contributed by atoms with Crippen molar-refractivity contribution in [3.8, 4) is 5.75 Å². The number of hydrogen-bond donors (Lipinski definition) is 1. The second-order valence-corrected chi connectivity index (χ2v) is 9.96. The number of Topliss-reactive ketones (excluding diaryl/α,β-unsaturated/α-hetero) is 1. The molecule has 0 radical (unpaired) electrons. The lowest BCUT2D eigenvalue weighted by Crippen LogP contribution is -2.38. The van der Waals surface area contributed by atoms with E-state index in [-0.39, 0.29) is 30.0 Å². The van der Waals surface area contributed by atoms with Crippen LogP contribution in [0, 0.1) is 23.3 Å². The molecule has 1 unspecified atom stereocenters. The second-order valence-electron chi connectivity index (χ2n) is 9.96. The third kappa shape index (κ3) is 6.90. The Morgan fingerprint density at radius 3 is 2.31 bits per heavy atom. The molecule has 1 aromatic heterocycles. The van der Waals surface area contributed by atoms with Crippen LogP contribution in [0.15, 0.2) is 47.4 Å². The monoisotopic (exact) mass is 547 g/mol. The Balaban J connectivity index is 1.70. The highest BCUT2D eigenvalue weighted by atomic mass is 19.2. The Kier molecular flexibility index (Phi) is 9.26. The predicted molar refractivity (Wildman–Crippen MR) is 136 cm³/mol. The van der Waals surface area contributed by atoms with Gasteiger partial charge in [0.15, 0.2) is 23.2 Å². The Hall–Kier alpha value is -4.02. The summed E-state index contributed by atoms with van der Waals surface area (Å²) in [5.74, 6) is -10.7. The summed E-state index contributed by atoms with van der Waals surface area (Å²) >= 11 is 0. The number of carbonyl (C=O) groups excluding carboxylic acids is 2. The molecule has 0 fully saturated rings. The molecule has 1 N–H and O–H groups in total. The fraction of sp³-hybridized carbons (Fsp3) is 0.357. The Morgan fingerprint density at radius 1 is 1.05 bits per heavy atom. The van der Waals surface area contributed by atoms with E-state index in [2.05, 4.69) is 35.9 Å². The lowest BCUT2D eigenvalue weighted by atomic mass is 9.84. The van der Waals surface area contributed by atoms with Crippen LogP contribution in [0.5, 0.6) is 5.75 Å². The van der Waals surface area contributed by atoms with E-state index in [0.717, 1.165) is 11.1 Å². The van der Waals surface area contributed by atoms with Crippen LogP contribution in [-0.4, -0.2) is 34.6 Å². The van der Waals surface area contributed by atoms with Crippen LogP contribution in [0.3, 0.4) is 0 Å². The third-order valence-corrected chi connectivity index (χ3v) is 6.10. The number of ether oxygens (including phenoxy) is 1. The van der Waals surface area contributed by atoms with Crippen LogP contribution in [-0.2, 0) is 21.5 Å². The molecular weight excluding hydrogens is 518 g/mol. The third-order valence-electron chi connectivity index (χ3n) is 6.10. The van der Waals surface area contributed by atoms with Gasteiger partial charge in [-0.2, -0.15) is 13.9 Å². The van der Waals surface area contributed by atoms with Gasteiger partial charge < -0.3 is 10.1 Å². The first-order valence-electron chi connectivity index (χ1n) is 12.2. The molecule has 0 saturated carbocycles. The number of carbonyl (C=O) groups is 2. The highest BCUT2D eigenvalue weighted by molar-refractivity contribution is 5.89. The number of halogens is 4. The van der Waals surface area contributed by atoms with Gasteiger partial charge in [0.25, 0.3) is 5.56 Å². The van der Waals surface area contributed by atoms with Crippen molar-refractivity contribution < 1.29 is 31.9 Å². The second kappa shape index (κ2) is 12.2. The molecule has 208 valence electrons. The van der Waals surface area contributed by atoms with Crippen LogP contribution in [0.25, 0.3) is 0 Å². The fourth-order valence-corrected chi connectivity index (χ4v) is 4.13. The number of ketones is 1.